The summed E-state index contributed by atoms with van der Waals surface area (Å²) >= 11 is 0. The van der Waals surface area contributed by atoms with Gasteiger partial charge in [-0.25, -0.2) is 4.79 Å². The molecule has 9 nitrogen and oxygen atoms in total. The summed E-state index contributed by atoms with van der Waals surface area (Å²) in [5.41, 5.74) is 0.634. The van der Waals surface area contributed by atoms with Gasteiger partial charge in [0.05, 0.1) is 25.8 Å². The van der Waals surface area contributed by atoms with E-state index in [-0.39, 0.29) is 40.3 Å². The van der Waals surface area contributed by atoms with Gasteiger partial charge in [0.25, 0.3) is 0 Å². The smallest absolute Gasteiger partial charge is 0.340 e. The van der Waals surface area contributed by atoms with Crippen LogP contribution in [-0.4, -0.2) is 35.3 Å². The second-order valence-electron chi connectivity index (χ2n) is 5.67. The van der Waals surface area contributed by atoms with Crippen molar-refractivity contribution in [1.82, 2.24) is 9.97 Å². The van der Waals surface area contributed by atoms with Gasteiger partial charge in [0, 0.05) is 19.1 Å². The summed E-state index contributed by atoms with van der Waals surface area (Å²) in [5.74, 6) is -0.916. The molecule has 0 aliphatic heterocycles. The lowest BCUT2D eigenvalue weighted by atomic mass is 10.0. The Labute approximate surface area is 160 Å². The van der Waals surface area contributed by atoms with Crippen LogP contribution in [0.25, 0.3) is 11.3 Å². The molecule has 0 aliphatic carbocycles. The van der Waals surface area contributed by atoms with Crippen molar-refractivity contribution in [2.45, 2.75) is 6.92 Å². The first-order valence-corrected chi connectivity index (χ1v) is 8.15. The molecule has 0 spiro atoms. The van der Waals surface area contributed by atoms with Crippen LogP contribution >= 0.6 is 0 Å². The van der Waals surface area contributed by atoms with Gasteiger partial charge in [-0.15, -0.1) is 0 Å². The molecule has 0 radical (unpaired) electrons. The van der Waals surface area contributed by atoms with Gasteiger partial charge in [-0.2, -0.15) is 14.7 Å². The standard InChI is InChI=1S/C19H17N3O6/c1-11-6-4-8-13(22(11)25)12-7-5-9-14(17(12)18(23)24)28-19-20-15(26-2)10-16(21-19)27-3/h4-10H,1-3H3,(H,23,24). The number of methoxy groups -OCH3 is 2. The summed E-state index contributed by atoms with van der Waals surface area (Å²) in [7, 11) is 2.83. The van der Waals surface area contributed by atoms with Gasteiger partial charge in [-0.05, 0) is 18.2 Å². The minimum atomic E-state index is -1.26. The molecule has 1 N–H and O–H groups in total. The third kappa shape index (κ3) is 3.63. The Morgan fingerprint density at radius 1 is 1.07 bits per heavy atom. The van der Waals surface area contributed by atoms with E-state index in [9.17, 15) is 15.1 Å². The number of hydrogen-bond acceptors (Lipinski definition) is 7. The Balaban J connectivity index is 2.13. The average Bonchev–Trinajstić information content (AvgIpc) is 2.69. The average molecular weight is 383 g/mol. The zero-order valence-electron chi connectivity index (χ0n) is 15.4. The maximum absolute atomic E-state index is 12.4. The third-order valence-corrected chi connectivity index (χ3v) is 3.92. The molecule has 0 bridgehead atoms. The molecule has 3 aromatic rings. The van der Waals surface area contributed by atoms with Crippen LogP contribution in [0, 0.1) is 12.1 Å². The van der Waals surface area contributed by atoms with E-state index < -0.39 is 5.97 Å². The number of benzene rings is 1. The number of carboxylic acid groups (broad SMARTS) is 1. The Morgan fingerprint density at radius 2 is 1.71 bits per heavy atom. The molecule has 0 atom stereocenters. The highest BCUT2D eigenvalue weighted by atomic mass is 16.5. The number of aromatic nitrogens is 3. The predicted octanol–water partition coefficient (Wildman–Crippen LogP) is 2.59. The van der Waals surface area contributed by atoms with E-state index in [2.05, 4.69) is 9.97 Å². The van der Waals surface area contributed by atoms with Crippen LogP contribution in [0.3, 0.4) is 0 Å². The topological polar surface area (TPSA) is 118 Å². The first-order valence-electron chi connectivity index (χ1n) is 8.15. The van der Waals surface area contributed by atoms with E-state index in [0.29, 0.717) is 10.4 Å². The molecule has 1 aromatic carbocycles. The monoisotopic (exact) mass is 383 g/mol. The third-order valence-electron chi connectivity index (χ3n) is 3.92. The fraction of sp³-hybridized carbons (Fsp3) is 0.158. The van der Waals surface area contributed by atoms with Crippen LogP contribution in [0.4, 0.5) is 0 Å². The van der Waals surface area contributed by atoms with Crippen LogP contribution < -0.4 is 18.9 Å². The zero-order chi connectivity index (χ0) is 20.3. The molecule has 0 saturated carbocycles. The highest BCUT2D eigenvalue weighted by Crippen LogP contribution is 2.32. The summed E-state index contributed by atoms with van der Waals surface area (Å²) < 4.78 is 16.4. The van der Waals surface area contributed by atoms with E-state index >= 15 is 0 Å². The number of ether oxygens (including phenoxy) is 3. The van der Waals surface area contributed by atoms with Gasteiger partial charge in [0.2, 0.25) is 17.5 Å². The summed E-state index contributed by atoms with van der Waals surface area (Å²) in [6, 6.07) is 10.7. The van der Waals surface area contributed by atoms with Gasteiger partial charge in [-0.1, -0.05) is 6.07 Å². The Kier molecular flexibility index (Phi) is 5.25. The first-order chi connectivity index (χ1) is 13.4. The maximum atomic E-state index is 12.4. The van der Waals surface area contributed by atoms with Crippen molar-refractivity contribution in [3.63, 3.8) is 0 Å². The van der Waals surface area contributed by atoms with E-state index in [1.807, 2.05) is 0 Å². The Bertz CT molecular complexity index is 1020. The predicted molar refractivity (Wildman–Crippen MR) is 97.7 cm³/mol. The summed E-state index contributed by atoms with van der Waals surface area (Å²) in [4.78, 5) is 20.0. The summed E-state index contributed by atoms with van der Waals surface area (Å²) in [6.45, 7) is 1.63. The number of nitrogens with zero attached hydrogens (tertiary/aromatic N) is 3. The lowest BCUT2D eigenvalue weighted by molar-refractivity contribution is -0.600. The number of carbonyl (C=O) groups is 1. The highest BCUT2D eigenvalue weighted by molar-refractivity contribution is 5.98. The van der Waals surface area contributed by atoms with Crippen LogP contribution in [-0.2, 0) is 0 Å². The normalized spacial score (nSPS) is 10.4. The molecule has 2 aromatic heterocycles. The van der Waals surface area contributed by atoms with Crippen molar-refractivity contribution in [1.29, 1.82) is 0 Å². The molecule has 9 heteroatoms. The molecular formula is C19H17N3O6. The number of aromatic carboxylic acids is 1. The van der Waals surface area contributed by atoms with Crippen LogP contribution in [0.15, 0.2) is 42.5 Å². The fourth-order valence-corrected chi connectivity index (χ4v) is 2.59. The van der Waals surface area contributed by atoms with Gasteiger partial charge >= 0.3 is 12.0 Å². The second-order valence-corrected chi connectivity index (χ2v) is 5.67. The Morgan fingerprint density at radius 3 is 2.32 bits per heavy atom. The molecular weight excluding hydrogens is 366 g/mol. The lowest BCUT2D eigenvalue weighted by Crippen LogP contribution is -2.33. The number of pyridine rings is 1. The van der Waals surface area contributed by atoms with Crippen LogP contribution in [0.2, 0.25) is 0 Å². The summed E-state index contributed by atoms with van der Waals surface area (Å²) in [5, 5.41) is 22.2. The van der Waals surface area contributed by atoms with Crippen molar-refractivity contribution in [3.8, 4) is 34.8 Å². The quantitative estimate of drug-likeness (QED) is 0.510. The zero-order valence-corrected chi connectivity index (χ0v) is 15.4. The molecule has 144 valence electrons. The molecule has 2 heterocycles. The maximum Gasteiger partial charge on any atom is 0.340 e. The van der Waals surface area contributed by atoms with Gasteiger partial charge in [0.15, 0.2) is 5.69 Å². The van der Waals surface area contributed by atoms with Crippen LogP contribution in [0.1, 0.15) is 16.1 Å². The van der Waals surface area contributed by atoms with Gasteiger partial charge in [0.1, 0.15) is 11.3 Å². The molecule has 3 rings (SSSR count). The number of aryl methyl sites for hydroxylation is 1. The SMILES string of the molecule is COc1cc(OC)nc(Oc2cccc(-c3cccc(C)[n+]3[O-])c2C(=O)O)n1. The largest absolute Gasteiger partial charge is 0.618 e. The molecule has 0 saturated heterocycles. The molecule has 0 amide bonds. The highest BCUT2D eigenvalue weighted by Gasteiger charge is 2.24. The Hall–Kier alpha value is -3.88. The molecule has 0 unspecified atom stereocenters. The number of rotatable bonds is 6. The van der Waals surface area contributed by atoms with Gasteiger partial charge < -0.3 is 24.5 Å². The summed E-state index contributed by atoms with van der Waals surface area (Å²) in [6.07, 6.45) is 0. The first kappa shape index (κ1) is 18.9. The second kappa shape index (κ2) is 7.78. The molecule has 0 fully saturated rings. The van der Waals surface area contributed by atoms with Crippen molar-refractivity contribution < 1.29 is 28.8 Å². The number of carboxylic acids is 1. The van der Waals surface area contributed by atoms with Crippen molar-refractivity contribution in [2.75, 3.05) is 14.2 Å². The van der Waals surface area contributed by atoms with Crippen molar-refractivity contribution in [2.24, 2.45) is 0 Å². The minimum absolute atomic E-state index is 0.0261. The van der Waals surface area contributed by atoms with Crippen molar-refractivity contribution in [3.05, 3.63) is 58.9 Å². The number of hydrogen-bond donors (Lipinski definition) is 1. The lowest BCUT2D eigenvalue weighted by Gasteiger charge is -2.13. The van der Waals surface area contributed by atoms with E-state index in [0.717, 1.165) is 0 Å². The minimum Gasteiger partial charge on any atom is -0.618 e. The van der Waals surface area contributed by atoms with E-state index in [1.165, 1.54) is 38.5 Å². The molecule has 28 heavy (non-hydrogen) atoms. The van der Waals surface area contributed by atoms with Gasteiger partial charge in [-0.3, -0.25) is 0 Å². The van der Waals surface area contributed by atoms with E-state index in [4.69, 9.17) is 14.2 Å². The molecule has 0 aliphatic rings. The fourth-order valence-electron chi connectivity index (χ4n) is 2.59. The van der Waals surface area contributed by atoms with E-state index in [1.54, 1.807) is 25.1 Å². The van der Waals surface area contributed by atoms with Crippen molar-refractivity contribution >= 4 is 5.97 Å². The van der Waals surface area contributed by atoms with Crippen LogP contribution in [0.5, 0.6) is 23.5 Å².